The van der Waals surface area contributed by atoms with Crippen molar-refractivity contribution in [2.75, 3.05) is 19.8 Å². The van der Waals surface area contributed by atoms with E-state index in [-0.39, 0.29) is 5.82 Å². The largest absolute Gasteiger partial charge is 0.489 e. The van der Waals surface area contributed by atoms with Gasteiger partial charge in [-0.05, 0) is 41.1 Å². The van der Waals surface area contributed by atoms with Crippen LogP contribution >= 0.6 is 22.6 Å². The van der Waals surface area contributed by atoms with Gasteiger partial charge in [-0.1, -0.05) is 6.07 Å². The average molecular weight is 322 g/mol. The number of ether oxygens (including phenoxy) is 2. The topological polar surface area (TPSA) is 18.5 Å². The molecule has 0 saturated carbocycles. The van der Waals surface area contributed by atoms with Crippen molar-refractivity contribution in [3.8, 4) is 5.75 Å². The van der Waals surface area contributed by atoms with Crippen LogP contribution in [0.15, 0.2) is 18.2 Å². The van der Waals surface area contributed by atoms with Crippen LogP contribution in [0.1, 0.15) is 6.42 Å². The molecule has 1 fully saturated rings. The van der Waals surface area contributed by atoms with Crippen LogP contribution in [-0.2, 0) is 4.74 Å². The molecule has 0 spiro atoms. The highest BCUT2D eigenvalue weighted by Crippen LogP contribution is 2.25. The second kappa shape index (κ2) is 5.12. The summed E-state index contributed by atoms with van der Waals surface area (Å²) in [6.45, 7) is 2.06. The van der Waals surface area contributed by atoms with Gasteiger partial charge in [0.25, 0.3) is 0 Å². The zero-order chi connectivity index (χ0) is 10.7. The number of halogens is 2. The molecule has 15 heavy (non-hydrogen) atoms. The Kier molecular flexibility index (Phi) is 3.80. The molecule has 1 aliphatic rings. The molecule has 1 aromatic rings. The van der Waals surface area contributed by atoms with Crippen LogP contribution in [0.25, 0.3) is 0 Å². The van der Waals surface area contributed by atoms with Gasteiger partial charge >= 0.3 is 0 Å². The van der Waals surface area contributed by atoms with Gasteiger partial charge < -0.3 is 9.47 Å². The minimum absolute atomic E-state index is 0.291. The van der Waals surface area contributed by atoms with Crippen LogP contribution in [0.5, 0.6) is 5.75 Å². The molecule has 0 aromatic heterocycles. The van der Waals surface area contributed by atoms with Gasteiger partial charge in [0.15, 0.2) is 11.6 Å². The predicted octanol–water partition coefficient (Wildman–Crippen LogP) is 2.85. The molecule has 1 aliphatic heterocycles. The van der Waals surface area contributed by atoms with Crippen LogP contribution in [0, 0.1) is 15.3 Å². The lowest BCUT2D eigenvalue weighted by atomic mass is 10.1. The van der Waals surface area contributed by atoms with Crippen LogP contribution in [-0.4, -0.2) is 19.8 Å². The van der Waals surface area contributed by atoms with E-state index in [0.717, 1.165) is 23.2 Å². The monoisotopic (exact) mass is 322 g/mol. The van der Waals surface area contributed by atoms with Gasteiger partial charge in [-0.15, -0.1) is 0 Å². The quantitative estimate of drug-likeness (QED) is 0.797. The van der Waals surface area contributed by atoms with Crippen molar-refractivity contribution >= 4 is 22.6 Å². The van der Waals surface area contributed by atoms with Gasteiger partial charge in [-0.25, -0.2) is 4.39 Å². The Labute approximate surface area is 102 Å². The third kappa shape index (κ3) is 2.81. The smallest absolute Gasteiger partial charge is 0.168 e. The Morgan fingerprint density at radius 1 is 1.53 bits per heavy atom. The Morgan fingerprint density at radius 3 is 3.07 bits per heavy atom. The molecule has 1 saturated heterocycles. The number of benzene rings is 1. The van der Waals surface area contributed by atoms with E-state index in [9.17, 15) is 4.39 Å². The summed E-state index contributed by atoms with van der Waals surface area (Å²) in [4.78, 5) is 0. The maximum absolute atomic E-state index is 13.4. The second-order valence-electron chi connectivity index (χ2n) is 3.59. The summed E-state index contributed by atoms with van der Waals surface area (Å²) in [6, 6.07) is 4.94. The van der Waals surface area contributed by atoms with Crippen LogP contribution in [0.4, 0.5) is 4.39 Å². The summed E-state index contributed by atoms with van der Waals surface area (Å²) < 4.78 is 24.9. The molecular formula is C11H12FIO2. The Balaban J connectivity index is 1.97. The van der Waals surface area contributed by atoms with Gasteiger partial charge in [-0.2, -0.15) is 0 Å². The van der Waals surface area contributed by atoms with Gasteiger partial charge in [-0.3, -0.25) is 0 Å². The summed E-state index contributed by atoms with van der Waals surface area (Å²) in [5.74, 6) is 0.478. The zero-order valence-corrected chi connectivity index (χ0v) is 10.4. The van der Waals surface area contributed by atoms with E-state index in [2.05, 4.69) is 22.6 Å². The maximum Gasteiger partial charge on any atom is 0.168 e. The minimum atomic E-state index is -0.291. The molecule has 2 nitrogen and oxygen atoms in total. The van der Waals surface area contributed by atoms with E-state index in [1.54, 1.807) is 6.07 Å². The molecule has 4 heteroatoms. The highest BCUT2D eigenvalue weighted by atomic mass is 127. The predicted molar refractivity (Wildman–Crippen MR) is 63.5 cm³/mol. The maximum atomic E-state index is 13.4. The molecule has 0 N–H and O–H groups in total. The summed E-state index contributed by atoms with van der Waals surface area (Å²) >= 11 is 2.08. The molecule has 0 bridgehead atoms. The number of rotatable bonds is 3. The molecule has 82 valence electrons. The van der Waals surface area contributed by atoms with Crippen molar-refractivity contribution in [3.63, 3.8) is 0 Å². The number of hydrogen-bond donors (Lipinski definition) is 0. The first-order chi connectivity index (χ1) is 7.27. The van der Waals surface area contributed by atoms with Gasteiger partial charge in [0.05, 0.1) is 16.8 Å². The zero-order valence-electron chi connectivity index (χ0n) is 8.21. The summed E-state index contributed by atoms with van der Waals surface area (Å²) in [5, 5.41) is 0. The Morgan fingerprint density at radius 2 is 2.40 bits per heavy atom. The molecular weight excluding hydrogens is 310 g/mol. The highest BCUT2D eigenvalue weighted by Gasteiger charge is 2.17. The molecule has 0 aliphatic carbocycles. The van der Waals surface area contributed by atoms with E-state index in [1.807, 2.05) is 6.07 Å². The fraction of sp³-hybridized carbons (Fsp3) is 0.455. The Bertz CT molecular complexity index is 317. The van der Waals surface area contributed by atoms with Gasteiger partial charge in [0, 0.05) is 12.5 Å². The lowest BCUT2D eigenvalue weighted by molar-refractivity contribution is 0.165. The second-order valence-corrected chi connectivity index (χ2v) is 4.75. The van der Waals surface area contributed by atoms with Gasteiger partial charge in [0.1, 0.15) is 0 Å². The summed E-state index contributed by atoms with van der Waals surface area (Å²) in [7, 11) is 0. The molecule has 1 aromatic carbocycles. The van der Waals surface area contributed by atoms with E-state index in [4.69, 9.17) is 9.47 Å². The number of para-hydroxylation sites is 1. The molecule has 1 heterocycles. The summed E-state index contributed by atoms with van der Waals surface area (Å²) in [5.41, 5.74) is 0. The Hall–Kier alpha value is -0.360. The molecule has 1 atom stereocenters. The van der Waals surface area contributed by atoms with Crippen molar-refractivity contribution in [3.05, 3.63) is 27.6 Å². The molecule has 1 unspecified atom stereocenters. The van der Waals surface area contributed by atoms with Gasteiger partial charge in [0.2, 0.25) is 0 Å². The van der Waals surface area contributed by atoms with Crippen molar-refractivity contribution < 1.29 is 13.9 Å². The highest BCUT2D eigenvalue weighted by molar-refractivity contribution is 14.1. The van der Waals surface area contributed by atoms with E-state index < -0.39 is 0 Å². The van der Waals surface area contributed by atoms with E-state index in [0.29, 0.717) is 18.3 Å². The first-order valence-corrected chi connectivity index (χ1v) is 6.00. The first-order valence-electron chi connectivity index (χ1n) is 4.92. The third-order valence-corrected chi connectivity index (χ3v) is 3.26. The number of hydrogen-bond acceptors (Lipinski definition) is 2. The first kappa shape index (κ1) is 11.1. The minimum Gasteiger partial charge on any atom is -0.489 e. The van der Waals surface area contributed by atoms with Crippen LogP contribution < -0.4 is 4.74 Å². The molecule has 0 radical (unpaired) electrons. The lowest BCUT2D eigenvalue weighted by Crippen LogP contribution is -2.12. The fourth-order valence-corrected chi connectivity index (χ4v) is 2.16. The van der Waals surface area contributed by atoms with E-state index >= 15 is 0 Å². The lowest BCUT2D eigenvalue weighted by Gasteiger charge is -2.12. The molecule has 2 rings (SSSR count). The van der Waals surface area contributed by atoms with Crippen molar-refractivity contribution in [2.24, 2.45) is 5.92 Å². The SMILES string of the molecule is Fc1cccc(I)c1OCC1CCOC1. The van der Waals surface area contributed by atoms with Crippen molar-refractivity contribution in [1.82, 2.24) is 0 Å². The average Bonchev–Trinajstić information content (AvgIpc) is 2.70. The summed E-state index contributed by atoms with van der Waals surface area (Å²) in [6.07, 6.45) is 1.00. The normalized spacial score (nSPS) is 20.5. The van der Waals surface area contributed by atoms with Crippen LogP contribution in [0.2, 0.25) is 0 Å². The van der Waals surface area contributed by atoms with Crippen LogP contribution in [0.3, 0.4) is 0 Å². The third-order valence-electron chi connectivity index (χ3n) is 2.41. The van der Waals surface area contributed by atoms with Crippen molar-refractivity contribution in [1.29, 1.82) is 0 Å². The standard InChI is InChI=1S/C11H12FIO2/c12-9-2-1-3-10(13)11(9)15-7-8-4-5-14-6-8/h1-3,8H,4-7H2. The van der Waals surface area contributed by atoms with Crippen molar-refractivity contribution in [2.45, 2.75) is 6.42 Å². The molecule has 0 amide bonds. The van der Waals surface area contributed by atoms with E-state index in [1.165, 1.54) is 6.07 Å². The fourth-order valence-electron chi connectivity index (χ4n) is 1.54.